The monoisotopic (exact) mass is 255 g/mol. The molecule has 0 spiro atoms. The summed E-state index contributed by atoms with van der Waals surface area (Å²) in [7, 11) is 1.67. The molecular formula is C13H18ClNO2. The molecule has 0 aromatic heterocycles. The van der Waals surface area contributed by atoms with Gasteiger partial charge < -0.3 is 10.1 Å². The quantitative estimate of drug-likeness (QED) is 0.883. The van der Waals surface area contributed by atoms with Crippen LogP contribution in [0.4, 0.5) is 5.69 Å². The maximum atomic E-state index is 11.4. The minimum Gasteiger partial charge on any atom is -0.497 e. The summed E-state index contributed by atoms with van der Waals surface area (Å²) < 4.78 is 5.20. The van der Waals surface area contributed by atoms with Crippen LogP contribution in [0.15, 0.2) is 18.2 Å². The number of ether oxygens (including phenoxy) is 1. The molecule has 0 amide bonds. The van der Waals surface area contributed by atoms with Gasteiger partial charge in [0.2, 0.25) is 0 Å². The second kappa shape index (κ2) is 5.92. The number of carbonyl (C=O) groups excluding carboxylic acids is 1. The van der Waals surface area contributed by atoms with E-state index in [2.05, 4.69) is 5.32 Å². The van der Waals surface area contributed by atoms with E-state index in [9.17, 15) is 4.79 Å². The van der Waals surface area contributed by atoms with Gasteiger partial charge in [0.25, 0.3) is 0 Å². The van der Waals surface area contributed by atoms with E-state index in [4.69, 9.17) is 4.74 Å². The second-order valence-corrected chi connectivity index (χ2v) is 4.25. The van der Waals surface area contributed by atoms with Gasteiger partial charge in [0.05, 0.1) is 7.11 Å². The summed E-state index contributed by atoms with van der Waals surface area (Å²) in [5, 5.41) is 3.33. The van der Waals surface area contributed by atoms with Gasteiger partial charge in [0.1, 0.15) is 11.5 Å². The molecule has 0 radical (unpaired) electrons. The zero-order valence-corrected chi connectivity index (χ0v) is 11.0. The van der Waals surface area contributed by atoms with E-state index in [1.807, 2.05) is 18.2 Å². The Morgan fingerprint density at radius 3 is 2.88 bits per heavy atom. The van der Waals surface area contributed by atoms with Crippen LogP contribution < -0.4 is 10.1 Å². The van der Waals surface area contributed by atoms with Crippen LogP contribution in [0.3, 0.4) is 0 Å². The summed E-state index contributed by atoms with van der Waals surface area (Å²) >= 11 is 0. The summed E-state index contributed by atoms with van der Waals surface area (Å²) in [6, 6.07) is 6.02. The van der Waals surface area contributed by atoms with Crippen molar-refractivity contribution in [3.63, 3.8) is 0 Å². The molecule has 0 saturated carbocycles. The van der Waals surface area contributed by atoms with E-state index >= 15 is 0 Å². The van der Waals surface area contributed by atoms with Crippen LogP contribution in [0.5, 0.6) is 5.75 Å². The lowest BCUT2D eigenvalue weighted by Crippen LogP contribution is -2.19. The first-order chi connectivity index (χ1) is 7.70. The first-order valence-corrected chi connectivity index (χ1v) is 5.62. The fourth-order valence-electron chi connectivity index (χ4n) is 2.09. The highest BCUT2D eigenvalue weighted by Gasteiger charge is 2.19. The Labute approximate surface area is 108 Å². The standard InChI is InChI=1S/C13H17NO2.ClH/c1-9(15)11-4-3-10-7-12(16-2)5-6-13(10)14-8-11;/h5-7,11,14H,3-4,8H2,1-2H3;1H. The number of hydrogen-bond acceptors (Lipinski definition) is 3. The number of nitrogens with one attached hydrogen (secondary N) is 1. The normalized spacial score (nSPS) is 18.1. The third-order valence-corrected chi connectivity index (χ3v) is 3.19. The van der Waals surface area contributed by atoms with Gasteiger partial charge in [0.15, 0.2) is 0 Å². The van der Waals surface area contributed by atoms with Crippen molar-refractivity contribution in [2.24, 2.45) is 5.92 Å². The fourth-order valence-corrected chi connectivity index (χ4v) is 2.09. The summed E-state index contributed by atoms with van der Waals surface area (Å²) in [5.74, 6) is 1.28. The van der Waals surface area contributed by atoms with Crippen molar-refractivity contribution in [3.8, 4) is 5.75 Å². The van der Waals surface area contributed by atoms with Gasteiger partial charge in [-0.25, -0.2) is 0 Å². The average molecular weight is 256 g/mol. The minimum atomic E-state index is 0. The molecule has 1 unspecified atom stereocenters. The van der Waals surface area contributed by atoms with E-state index in [0.717, 1.165) is 30.8 Å². The van der Waals surface area contributed by atoms with E-state index in [0.29, 0.717) is 0 Å². The summed E-state index contributed by atoms with van der Waals surface area (Å²) in [5.41, 5.74) is 2.37. The van der Waals surface area contributed by atoms with Gasteiger partial charge in [-0.1, -0.05) is 0 Å². The molecule has 3 nitrogen and oxygen atoms in total. The van der Waals surface area contributed by atoms with Gasteiger partial charge in [-0.2, -0.15) is 0 Å². The SMILES string of the molecule is COc1ccc2c(c1)CCC(C(C)=O)CN2.Cl. The van der Waals surface area contributed by atoms with Crippen molar-refractivity contribution in [2.75, 3.05) is 19.0 Å². The molecule has 1 heterocycles. The van der Waals surface area contributed by atoms with Crippen molar-refractivity contribution in [3.05, 3.63) is 23.8 Å². The molecule has 17 heavy (non-hydrogen) atoms. The van der Waals surface area contributed by atoms with Crippen molar-refractivity contribution in [1.82, 2.24) is 0 Å². The van der Waals surface area contributed by atoms with Crippen LogP contribution in [0.25, 0.3) is 0 Å². The van der Waals surface area contributed by atoms with Gasteiger partial charge in [-0.3, -0.25) is 4.79 Å². The van der Waals surface area contributed by atoms with Gasteiger partial charge in [0, 0.05) is 18.2 Å². The maximum Gasteiger partial charge on any atom is 0.134 e. The molecule has 1 N–H and O–H groups in total. The Balaban J connectivity index is 0.00000144. The van der Waals surface area contributed by atoms with E-state index in [1.54, 1.807) is 14.0 Å². The Kier molecular flexibility index (Phi) is 4.82. The van der Waals surface area contributed by atoms with Crippen LogP contribution >= 0.6 is 12.4 Å². The lowest BCUT2D eigenvalue weighted by molar-refractivity contribution is -0.120. The summed E-state index contributed by atoms with van der Waals surface area (Å²) in [6.45, 7) is 2.41. The third-order valence-electron chi connectivity index (χ3n) is 3.19. The predicted octanol–water partition coefficient (Wildman–Crippen LogP) is 2.68. The number of halogens is 1. The van der Waals surface area contributed by atoms with Crippen molar-refractivity contribution >= 4 is 23.9 Å². The number of methoxy groups -OCH3 is 1. The maximum absolute atomic E-state index is 11.4. The number of anilines is 1. The van der Waals surface area contributed by atoms with Crippen molar-refractivity contribution < 1.29 is 9.53 Å². The summed E-state index contributed by atoms with van der Waals surface area (Å²) in [6.07, 6.45) is 1.85. The average Bonchev–Trinajstić information content (AvgIpc) is 2.50. The molecule has 1 aliphatic heterocycles. The molecule has 94 valence electrons. The molecule has 0 saturated heterocycles. The smallest absolute Gasteiger partial charge is 0.134 e. The number of Topliss-reactive ketones (excluding diaryl/α,β-unsaturated/α-hetero) is 1. The highest BCUT2D eigenvalue weighted by Crippen LogP contribution is 2.27. The lowest BCUT2D eigenvalue weighted by atomic mass is 9.98. The largest absolute Gasteiger partial charge is 0.497 e. The summed E-state index contributed by atoms with van der Waals surface area (Å²) in [4.78, 5) is 11.4. The van der Waals surface area contributed by atoms with Crippen LogP contribution in [0.2, 0.25) is 0 Å². The Bertz CT molecular complexity index is 406. The number of rotatable bonds is 2. The minimum absolute atomic E-state index is 0. The molecule has 1 aromatic carbocycles. The second-order valence-electron chi connectivity index (χ2n) is 4.25. The van der Waals surface area contributed by atoms with Crippen LogP contribution in [0.1, 0.15) is 18.9 Å². The van der Waals surface area contributed by atoms with Gasteiger partial charge >= 0.3 is 0 Å². The number of carbonyl (C=O) groups is 1. The van der Waals surface area contributed by atoms with Crippen LogP contribution in [-0.2, 0) is 11.2 Å². The predicted molar refractivity (Wildman–Crippen MR) is 71.2 cm³/mol. The molecule has 1 aliphatic rings. The highest BCUT2D eigenvalue weighted by atomic mass is 35.5. The molecule has 2 rings (SSSR count). The van der Waals surface area contributed by atoms with E-state index < -0.39 is 0 Å². The lowest BCUT2D eigenvalue weighted by Gasteiger charge is -2.10. The van der Waals surface area contributed by atoms with E-state index in [-0.39, 0.29) is 24.1 Å². The van der Waals surface area contributed by atoms with Crippen molar-refractivity contribution in [1.29, 1.82) is 0 Å². The van der Waals surface area contributed by atoms with Gasteiger partial charge in [-0.05, 0) is 43.5 Å². The number of aryl methyl sites for hydroxylation is 1. The van der Waals surface area contributed by atoms with E-state index in [1.165, 1.54) is 5.56 Å². The van der Waals surface area contributed by atoms with Crippen LogP contribution in [0, 0.1) is 5.92 Å². The van der Waals surface area contributed by atoms with Crippen LogP contribution in [-0.4, -0.2) is 19.4 Å². The molecule has 4 heteroatoms. The third kappa shape index (κ3) is 3.13. The number of benzene rings is 1. The zero-order valence-electron chi connectivity index (χ0n) is 10.2. The zero-order chi connectivity index (χ0) is 11.5. The number of hydrogen-bond donors (Lipinski definition) is 1. The Morgan fingerprint density at radius 2 is 2.24 bits per heavy atom. The Hall–Kier alpha value is -1.22. The number of fused-ring (bicyclic) bond motifs is 1. The first-order valence-electron chi connectivity index (χ1n) is 5.62. The van der Waals surface area contributed by atoms with Crippen molar-refractivity contribution in [2.45, 2.75) is 19.8 Å². The molecule has 0 fully saturated rings. The molecule has 1 aromatic rings. The fraction of sp³-hybridized carbons (Fsp3) is 0.462. The molecule has 1 atom stereocenters. The topological polar surface area (TPSA) is 38.3 Å². The molecule has 0 bridgehead atoms. The molecule has 0 aliphatic carbocycles. The highest BCUT2D eigenvalue weighted by molar-refractivity contribution is 5.85. The molecular weight excluding hydrogens is 238 g/mol. The van der Waals surface area contributed by atoms with Gasteiger partial charge in [-0.15, -0.1) is 12.4 Å². The first kappa shape index (κ1) is 13.8. The Morgan fingerprint density at radius 1 is 1.47 bits per heavy atom. The number of ketones is 1.